The molecule has 2 amide bonds. The largest absolute Gasteiger partial charge is 0.343 e. The number of rotatable bonds is 5. The Morgan fingerprint density at radius 3 is 2.55 bits per heavy atom. The van der Waals surface area contributed by atoms with Crippen molar-refractivity contribution in [1.82, 2.24) is 14.8 Å². The quantitative estimate of drug-likeness (QED) is 0.781. The predicted molar refractivity (Wildman–Crippen MR) is 107 cm³/mol. The fourth-order valence-electron chi connectivity index (χ4n) is 4.50. The minimum absolute atomic E-state index is 0.0214. The first kappa shape index (κ1) is 19.6. The van der Waals surface area contributed by atoms with E-state index in [0.717, 1.165) is 24.9 Å². The van der Waals surface area contributed by atoms with Crippen LogP contribution in [0.25, 0.3) is 0 Å². The van der Waals surface area contributed by atoms with Gasteiger partial charge in [-0.05, 0) is 48.6 Å². The molecule has 1 spiro atoms. The van der Waals surface area contributed by atoms with Crippen molar-refractivity contribution in [3.63, 3.8) is 0 Å². The Morgan fingerprint density at radius 2 is 1.83 bits per heavy atom. The third-order valence-corrected chi connectivity index (χ3v) is 6.27. The molecule has 0 bridgehead atoms. The van der Waals surface area contributed by atoms with Crippen molar-refractivity contribution in [3.8, 4) is 0 Å². The van der Waals surface area contributed by atoms with Gasteiger partial charge in [-0.15, -0.1) is 0 Å². The number of nitrogens with zero attached hydrogens (tertiary/aromatic N) is 3. The van der Waals surface area contributed by atoms with Gasteiger partial charge in [-0.1, -0.05) is 18.2 Å². The van der Waals surface area contributed by atoms with Gasteiger partial charge in [0.1, 0.15) is 5.82 Å². The Kier molecular flexibility index (Phi) is 5.60. The van der Waals surface area contributed by atoms with E-state index < -0.39 is 0 Å². The van der Waals surface area contributed by atoms with Gasteiger partial charge in [0.15, 0.2) is 0 Å². The molecule has 2 aliphatic rings. The lowest BCUT2D eigenvalue weighted by Crippen LogP contribution is -2.44. The van der Waals surface area contributed by atoms with Gasteiger partial charge in [0.05, 0.1) is 0 Å². The number of benzene rings is 1. The molecule has 2 saturated heterocycles. The summed E-state index contributed by atoms with van der Waals surface area (Å²) in [6, 6.07) is 10.5. The van der Waals surface area contributed by atoms with Crippen molar-refractivity contribution in [2.45, 2.75) is 38.6 Å². The molecule has 0 saturated carbocycles. The number of hydrogen-bond acceptors (Lipinski definition) is 3. The maximum atomic E-state index is 13.7. The summed E-state index contributed by atoms with van der Waals surface area (Å²) in [7, 11) is 0. The van der Waals surface area contributed by atoms with E-state index in [1.807, 2.05) is 21.9 Å². The van der Waals surface area contributed by atoms with Gasteiger partial charge in [0, 0.05) is 56.8 Å². The molecule has 2 fully saturated rings. The SMILES string of the molecule is O=C(CCc1ccccc1F)N1CCC2(CC1)CC(=O)N(Cc1ccncc1)C2. The molecule has 2 aliphatic heterocycles. The van der Waals surface area contributed by atoms with Crippen molar-refractivity contribution in [1.29, 1.82) is 0 Å². The van der Waals surface area contributed by atoms with Crippen LogP contribution in [0.4, 0.5) is 4.39 Å². The number of piperidine rings is 1. The molecule has 152 valence electrons. The van der Waals surface area contributed by atoms with E-state index in [4.69, 9.17) is 0 Å². The Morgan fingerprint density at radius 1 is 1.10 bits per heavy atom. The summed E-state index contributed by atoms with van der Waals surface area (Å²) in [6.07, 6.45) is 6.49. The molecule has 0 N–H and O–H groups in total. The highest BCUT2D eigenvalue weighted by molar-refractivity contribution is 5.80. The maximum absolute atomic E-state index is 13.7. The molecule has 29 heavy (non-hydrogen) atoms. The van der Waals surface area contributed by atoms with E-state index in [0.29, 0.717) is 44.5 Å². The standard InChI is InChI=1S/C23H26FN3O2/c24-20-4-2-1-3-19(20)5-6-21(28)26-13-9-23(10-14-26)15-22(29)27(17-23)16-18-7-11-25-12-8-18/h1-4,7-8,11-12H,5-6,9-10,13-17H2. The second-order valence-corrected chi connectivity index (χ2v) is 8.25. The van der Waals surface area contributed by atoms with E-state index in [1.165, 1.54) is 6.07 Å². The molecule has 0 unspecified atom stereocenters. The van der Waals surface area contributed by atoms with Crippen LogP contribution in [0.5, 0.6) is 0 Å². The highest BCUT2D eigenvalue weighted by atomic mass is 19.1. The van der Waals surface area contributed by atoms with E-state index in [9.17, 15) is 14.0 Å². The molecule has 6 heteroatoms. The van der Waals surface area contributed by atoms with Crippen LogP contribution in [0.2, 0.25) is 0 Å². The molecule has 2 aromatic rings. The Hall–Kier alpha value is -2.76. The van der Waals surface area contributed by atoms with E-state index in [-0.39, 0.29) is 23.0 Å². The highest BCUT2D eigenvalue weighted by Gasteiger charge is 2.45. The summed E-state index contributed by atoms with van der Waals surface area (Å²) >= 11 is 0. The van der Waals surface area contributed by atoms with Crippen molar-refractivity contribution in [3.05, 3.63) is 65.7 Å². The molecule has 1 aromatic heterocycles. The molecule has 3 heterocycles. The average Bonchev–Trinajstić information content (AvgIpc) is 3.03. The summed E-state index contributed by atoms with van der Waals surface area (Å²) in [5.74, 6) is 0.0128. The van der Waals surface area contributed by atoms with E-state index >= 15 is 0 Å². The first-order chi connectivity index (χ1) is 14.0. The smallest absolute Gasteiger partial charge is 0.223 e. The van der Waals surface area contributed by atoms with Crippen LogP contribution in [-0.4, -0.2) is 46.2 Å². The van der Waals surface area contributed by atoms with Crippen LogP contribution in [0.15, 0.2) is 48.8 Å². The van der Waals surface area contributed by atoms with Crippen LogP contribution in [0.3, 0.4) is 0 Å². The lowest BCUT2D eigenvalue weighted by atomic mass is 9.77. The zero-order valence-electron chi connectivity index (χ0n) is 16.5. The number of likely N-dealkylation sites (tertiary alicyclic amines) is 2. The van der Waals surface area contributed by atoms with Crippen molar-refractivity contribution in [2.24, 2.45) is 5.41 Å². The number of halogens is 1. The molecule has 4 rings (SSSR count). The van der Waals surface area contributed by atoms with Crippen LogP contribution >= 0.6 is 0 Å². The lowest BCUT2D eigenvalue weighted by Gasteiger charge is -2.39. The molecule has 0 atom stereocenters. The first-order valence-corrected chi connectivity index (χ1v) is 10.2. The summed E-state index contributed by atoms with van der Waals surface area (Å²) in [5.41, 5.74) is 1.65. The van der Waals surface area contributed by atoms with Crippen LogP contribution in [-0.2, 0) is 22.6 Å². The zero-order valence-corrected chi connectivity index (χ0v) is 16.5. The fraction of sp³-hybridized carbons (Fsp3) is 0.435. The monoisotopic (exact) mass is 395 g/mol. The predicted octanol–water partition coefficient (Wildman–Crippen LogP) is 3.19. The summed E-state index contributed by atoms with van der Waals surface area (Å²) in [6.45, 7) is 2.72. The van der Waals surface area contributed by atoms with E-state index in [2.05, 4.69) is 4.98 Å². The van der Waals surface area contributed by atoms with Gasteiger partial charge in [-0.2, -0.15) is 0 Å². The molecule has 5 nitrogen and oxygen atoms in total. The fourth-order valence-corrected chi connectivity index (χ4v) is 4.50. The van der Waals surface area contributed by atoms with Gasteiger partial charge >= 0.3 is 0 Å². The lowest BCUT2D eigenvalue weighted by molar-refractivity contribution is -0.133. The summed E-state index contributed by atoms with van der Waals surface area (Å²) in [5, 5.41) is 0. The molecular weight excluding hydrogens is 369 g/mol. The number of aromatic nitrogens is 1. The van der Waals surface area contributed by atoms with Gasteiger partial charge in [0.25, 0.3) is 0 Å². The normalized spacial score (nSPS) is 18.4. The maximum Gasteiger partial charge on any atom is 0.223 e. The van der Waals surface area contributed by atoms with Gasteiger partial charge in [0.2, 0.25) is 11.8 Å². The van der Waals surface area contributed by atoms with Crippen molar-refractivity contribution >= 4 is 11.8 Å². The van der Waals surface area contributed by atoms with Crippen LogP contribution in [0, 0.1) is 11.2 Å². The Balaban J connectivity index is 1.29. The number of pyridine rings is 1. The second-order valence-electron chi connectivity index (χ2n) is 8.25. The highest BCUT2D eigenvalue weighted by Crippen LogP contribution is 2.41. The van der Waals surface area contributed by atoms with Crippen LogP contribution < -0.4 is 0 Å². The molecule has 1 aromatic carbocycles. The number of carbonyl (C=O) groups is 2. The zero-order chi connectivity index (χ0) is 20.3. The average molecular weight is 395 g/mol. The summed E-state index contributed by atoms with van der Waals surface area (Å²) in [4.78, 5) is 33.0. The minimum Gasteiger partial charge on any atom is -0.343 e. The number of amides is 2. The summed E-state index contributed by atoms with van der Waals surface area (Å²) < 4.78 is 13.7. The van der Waals surface area contributed by atoms with Crippen molar-refractivity contribution in [2.75, 3.05) is 19.6 Å². The molecule has 0 radical (unpaired) electrons. The minimum atomic E-state index is -0.253. The number of hydrogen-bond donors (Lipinski definition) is 0. The first-order valence-electron chi connectivity index (χ1n) is 10.2. The second kappa shape index (κ2) is 8.31. The third-order valence-electron chi connectivity index (χ3n) is 6.27. The van der Waals surface area contributed by atoms with Crippen molar-refractivity contribution < 1.29 is 14.0 Å². The number of aryl methyl sites for hydroxylation is 1. The third kappa shape index (κ3) is 4.47. The topological polar surface area (TPSA) is 53.5 Å². The van der Waals surface area contributed by atoms with Crippen LogP contribution in [0.1, 0.15) is 36.8 Å². The van der Waals surface area contributed by atoms with E-state index in [1.54, 1.807) is 30.6 Å². The molecular formula is C23H26FN3O2. The van der Waals surface area contributed by atoms with Gasteiger partial charge < -0.3 is 9.80 Å². The Labute approximate surface area is 170 Å². The van der Waals surface area contributed by atoms with Gasteiger partial charge in [-0.25, -0.2) is 4.39 Å². The number of carbonyl (C=O) groups excluding carboxylic acids is 2. The van der Waals surface area contributed by atoms with Gasteiger partial charge in [-0.3, -0.25) is 14.6 Å². The molecule has 0 aliphatic carbocycles. The Bertz CT molecular complexity index is 879.